The highest BCUT2D eigenvalue weighted by atomic mass is 32.2. The van der Waals surface area contributed by atoms with Gasteiger partial charge in [0, 0.05) is 6.07 Å². The molecule has 0 heterocycles. The van der Waals surface area contributed by atoms with Gasteiger partial charge < -0.3 is 19.4 Å². The van der Waals surface area contributed by atoms with E-state index in [0.717, 1.165) is 0 Å². The number of hydrogen-bond donors (Lipinski definition) is 1. The van der Waals surface area contributed by atoms with Crippen LogP contribution in [0.1, 0.15) is 24.2 Å². The van der Waals surface area contributed by atoms with E-state index in [1.807, 2.05) is 13.8 Å². The fourth-order valence-corrected chi connectivity index (χ4v) is 3.15. The van der Waals surface area contributed by atoms with Crippen LogP contribution in [0.5, 0.6) is 11.5 Å². The number of sulfonamides is 1. The number of hydrogen-bond acceptors (Lipinski definition) is 6. The molecule has 0 spiro atoms. The third kappa shape index (κ3) is 4.63. The summed E-state index contributed by atoms with van der Waals surface area (Å²) in [5.41, 5.74) is 0.203. The first-order valence-electron chi connectivity index (χ1n) is 7.61. The summed E-state index contributed by atoms with van der Waals surface area (Å²) < 4.78 is 38.1. The molecule has 0 aliphatic heterocycles. The summed E-state index contributed by atoms with van der Waals surface area (Å²) in [6, 6.07) is 9.45. The number of rotatable bonds is 8. The molecule has 7 nitrogen and oxygen atoms in total. The average molecular weight is 364 g/mol. The zero-order valence-electron chi connectivity index (χ0n) is 13.8. The second-order valence-electron chi connectivity index (χ2n) is 4.94. The minimum Gasteiger partial charge on any atom is -0.545 e. The van der Waals surface area contributed by atoms with E-state index in [0.29, 0.717) is 30.4 Å². The number of carboxylic acid groups (broad SMARTS) is 1. The van der Waals surface area contributed by atoms with Crippen molar-refractivity contribution in [3.8, 4) is 11.5 Å². The molecule has 0 aliphatic carbocycles. The van der Waals surface area contributed by atoms with Crippen molar-refractivity contribution in [3.63, 3.8) is 0 Å². The number of anilines is 1. The van der Waals surface area contributed by atoms with Crippen LogP contribution in [-0.2, 0) is 10.0 Å². The lowest BCUT2D eigenvalue weighted by atomic mass is 10.2. The monoisotopic (exact) mass is 364 g/mol. The van der Waals surface area contributed by atoms with Crippen molar-refractivity contribution in [1.82, 2.24) is 0 Å². The summed E-state index contributed by atoms with van der Waals surface area (Å²) in [5.74, 6) is -0.424. The number of carboxylic acids is 1. The Bertz CT molecular complexity index is 846. The van der Waals surface area contributed by atoms with Crippen LogP contribution in [0.3, 0.4) is 0 Å². The molecule has 8 heteroatoms. The maximum Gasteiger partial charge on any atom is 0.261 e. The summed E-state index contributed by atoms with van der Waals surface area (Å²) in [5, 5.41) is 10.7. The molecule has 0 fully saturated rings. The van der Waals surface area contributed by atoms with Crippen LogP contribution in [-0.4, -0.2) is 27.6 Å². The van der Waals surface area contributed by atoms with Crippen LogP contribution in [0.15, 0.2) is 47.4 Å². The van der Waals surface area contributed by atoms with Crippen molar-refractivity contribution in [2.45, 2.75) is 18.7 Å². The van der Waals surface area contributed by atoms with Gasteiger partial charge in [0.15, 0.2) is 11.5 Å². The topological polar surface area (TPSA) is 105 Å². The largest absolute Gasteiger partial charge is 0.545 e. The standard InChI is InChI=1S/C17H19NO6S/c1-3-23-15-10-7-13(11-16(15)24-4-2)18-25(21,22)14-8-5-12(6-9-14)17(19)20/h5-11,18H,3-4H2,1-2H3,(H,19,20)/p-1. The number of carbonyl (C=O) groups is 1. The molecule has 0 bridgehead atoms. The Labute approximate surface area is 146 Å². The Morgan fingerprint density at radius 3 is 2.16 bits per heavy atom. The van der Waals surface area contributed by atoms with E-state index in [2.05, 4.69) is 4.72 Å². The van der Waals surface area contributed by atoms with Crippen LogP contribution < -0.4 is 19.3 Å². The molecule has 0 saturated carbocycles. The summed E-state index contributed by atoms with van der Waals surface area (Å²) in [6.07, 6.45) is 0. The van der Waals surface area contributed by atoms with Gasteiger partial charge >= 0.3 is 0 Å². The number of benzene rings is 2. The van der Waals surface area contributed by atoms with Crippen LogP contribution in [0, 0.1) is 0 Å². The summed E-state index contributed by atoms with van der Waals surface area (Å²) in [6.45, 7) is 4.50. The summed E-state index contributed by atoms with van der Waals surface area (Å²) in [7, 11) is -3.87. The fraction of sp³-hybridized carbons (Fsp3) is 0.235. The first kappa shape index (κ1) is 18.6. The van der Waals surface area contributed by atoms with Crippen molar-refractivity contribution in [2.24, 2.45) is 0 Å². The molecule has 2 aromatic rings. The molecular formula is C17H18NO6S-. The Kier molecular flexibility index (Phi) is 5.87. The molecule has 0 atom stereocenters. The Balaban J connectivity index is 2.27. The third-order valence-electron chi connectivity index (χ3n) is 3.20. The molecule has 1 N–H and O–H groups in total. The van der Waals surface area contributed by atoms with Gasteiger partial charge in [0.25, 0.3) is 10.0 Å². The highest BCUT2D eigenvalue weighted by molar-refractivity contribution is 7.92. The van der Waals surface area contributed by atoms with Gasteiger partial charge in [-0.2, -0.15) is 0 Å². The highest BCUT2D eigenvalue weighted by Gasteiger charge is 2.16. The van der Waals surface area contributed by atoms with Crippen molar-refractivity contribution in [3.05, 3.63) is 48.0 Å². The van der Waals surface area contributed by atoms with E-state index < -0.39 is 16.0 Å². The molecule has 25 heavy (non-hydrogen) atoms. The van der Waals surface area contributed by atoms with E-state index >= 15 is 0 Å². The molecule has 0 unspecified atom stereocenters. The minimum absolute atomic E-state index is 0.0654. The number of nitrogens with one attached hydrogen (secondary N) is 1. The first-order valence-corrected chi connectivity index (χ1v) is 9.09. The molecule has 2 aromatic carbocycles. The first-order chi connectivity index (χ1) is 11.9. The van der Waals surface area contributed by atoms with E-state index in [4.69, 9.17) is 9.47 Å². The quantitative estimate of drug-likeness (QED) is 0.764. The van der Waals surface area contributed by atoms with Crippen molar-refractivity contribution < 1.29 is 27.8 Å². The van der Waals surface area contributed by atoms with Gasteiger partial charge in [0.05, 0.1) is 29.8 Å². The van der Waals surface area contributed by atoms with Crippen LogP contribution >= 0.6 is 0 Å². The van der Waals surface area contributed by atoms with Crippen LogP contribution in [0.4, 0.5) is 5.69 Å². The van der Waals surface area contributed by atoms with Gasteiger partial charge in [-0.25, -0.2) is 8.42 Å². The molecule has 0 aromatic heterocycles. The Hall–Kier alpha value is -2.74. The summed E-state index contributed by atoms with van der Waals surface area (Å²) >= 11 is 0. The Morgan fingerprint density at radius 2 is 1.60 bits per heavy atom. The van der Waals surface area contributed by atoms with Gasteiger partial charge in [-0.1, -0.05) is 12.1 Å². The highest BCUT2D eigenvalue weighted by Crippen LogP contribution is 2.31. The molecule has 0 aliphatic rings. The predicted molar refractivity (Wildman–Crippen MR) is 90.4 cm³/mol. The SMILES string of the molecule is CCOc1ccc(NS(=O)(=O)c2ccc(C(=O)[O-])cc2)cc1OCC. The van der Waals surface area contributed by atoms with Crippen LogP contribution in [0.25, 0.3) is 0 Å². The van der Waals surface area contributed by atoms with Gasteiger partial charge in [0.2, 0.25) is 0 Å². The predicted octanol–water partition coefficient (Wildman–Crippen LogP) is 1.65. The van der Waals surface area contributed by atoms with Crippen LogP contribution in [0.2, 0.25) is 0 Å². The van der Waals surface area contributed by atoms with Gasteiger partial charge in [0.1, 0.15) is 0 Å². The summed E-state index contributed by atoms with van der Waals surface area (Å²) in [4.78, 5) is 10.7. The van der Waals surface area contributed by atoms with E-state index in [1.54, 1.807) is 12.1 Å². The zero-order valence-corrected chi connectivity index (χ0v) is 14.6. The molecule has 0 radical (unpaired) electrons. The second-order valence-corrected chi connectivity index (χ2v) is 6.63. The molecule has 0 amide bonds. The number of carbonyl (C=O) groups excluding carboxylic acids is 1. The Morgan fingerprint density at radius 1 is 1.00 bits per heavy atom. The third-order valence-corrected chi connectivity index (χ3v) is 4.59. The van der Waals surface area contributed by atoms with Crippen molar-refractivity contribution in [2.75, 3.05) is 17.9 Å². The second kappa shape index (κ2) is 7.89. The molecule has 134 valence electrons. The molecule has 0 saturated heterocycles. The minimum atomic E-state index is -3.87. The van der Waals surface area contributed by atoms with Gasteiger partial charge in [-0.15, -0.1) is 0 Å². The maximum absolute atomic E-state index is 12.4. The normalized spacial score (nSPS) is 11.0. The smallest absolute Gasteiger partial charge is 0.261 e. The van der Waals surface area contributed by atoms with E-state index in [1.165, 1.54) is 30.3 Å². The fourth-order valence-electron chi connectivity index (χ4n) is 2.10. The van der Waals surface area contributed by atoms with Crippen molar-refractivity contribution in [1.29, 1.82) is 0 Å². The lowest BCUT2D eigenvalue weighted by Crippen LogP contribution is -2.22. The lowest BCUT2D eigenvalue weighted by Gasteiger charge is -2.14. The lowest BCUT2D eigenvalue weighted by molar-refractivity contribution is -0.255. The van der Waals surface area contributed by atoms with E-state index in [9.17, 15) is 18.3 Å². The zero-order chi connectivity index (χ0) is 18.4. The molecular weight excluding hydrogens is 346 g/mol. The van der Waals surface area contributed by atoms with Gasteiger partial charge in [-0.05, 0) is 43.7 Å². The number of aromatic carboxylic acids is 1. The van der Waals surface area contributed by atoms with Gasteiger partial charge in [-0.3, -0.25) is 4.72 Å². The average Bonchev–Trinajstić information content (AvgIpc) is 2.57. The van der Waals surface area contributed by atoms with Crippen molar-refractivity contribution >= 4 is 21.7 Å². The maximum atomic E-state index is 12.4. The number of ether oxygens (including phenoxy) is 2. The molecule has 2 rings (SSSR count). The van der Waals surface area contributed by atoms with E-state index in [-0.39, 0.29) is 10.5 Å².